The minimum atomic E-state index is -1.24. The van der Waals surface area contributed by atoms with Gasteiger partial charge in [-0.2, -0.15) is 0 Å². The van der Waals surface area contributed by atoms with Gasteiger partial charge in [-0.25, -0.2) is 23.5 Å². The fourth-order valence-corrected chi connectivity index (χ4v) is 8.27. The van der Waals surface area contributed by atoms with Crippen molar-refractivity contribution in [2.75, 3.05) is 13.1 Å². The summed E-state index contributed by atoms with van der Waals surface area (Å²) in [6.45, 7) is 4.76. The molecule has 5 atom stereocenters. The smallest absolute Gasteiger partial charge is 0.348 e. The highest BCUT2D eigenvalue weighted by Gasteiger charge is 2.58. The Labute approximate surface area is 310 Å². The van der Waals surface area contributed by atoms with E-state index in [0.717, 1.165) is 22.1 Å². The quantitative estimate of drug-likeness (QED) is 0.111. The van der Waals surface area contributed by atoms with Crippen LogP contribution in [0.5, 0.6) is 0 Å². The maximum Gasteiger partial charge on any atom is 0.348 e. The number of hydrogen-bond donors (Lipinski definition) is 4. The second-order valence-corrected chi connectivity index (χ2v) is 15.3. The van der Waals surface area contributed by atoms with Crippen LogP contribution in [0, 0.1) is 17.3 Å². The molecule has 5 unspecified atom stereocenters. The van der Waals surface area contributed by atoms with E-state index >= 15 is 0 Å². The van der Waals surface area contributed by atoms with E-state index in [0.29, 0.717) is 54.3 Å². The van der Waals surface area contributed by atoms with Crippen molar-refractivity contribution >= 4 is 46.7 Å². The summed E-state index contributed by atoms with van der Waals surface area (Å²) in [4.78, 5) is 80.4. The van der Waals surface area contributed by atoms with E-state index in [1.807, 2.05) is 0 Å². The minimum Gasteiger partial charge on any atom is -0.366 e. The molecule has 0 radical (unpaired) electrons. The van der Waals surface area contributed by atoms with Crippen molar-refractivity contribution in [3.8, 4) is 0 Å². The zero-order valence-electron chi connectivity index (χ0n) is 29.1. The molecule has 52 heavy (non-hydrogen) atoms. The lowest BCUT2D eigenvalue weighted by Gasteiger charge is -2.61. The number of fused-ring (bicyclic) bond motifs is 1. The van der Waals surface area contributed by atoms with E-state index in [1.54, 1.807) is 48.5 Å². The summed E-state index contributed by atoms with van der Waals surface area (Å²) in [5, 5.41) is 6.00. The molecule has 7 rings (SSSR count). The summed E-state index contributed by atoms with van der Waals surface area (Å²) in [5.74, 6) is -2.48. The number of aromatic nitrogens is 3. The molecule has 0 spiro atoms. The Morgan fingerprint density at radius 3 is 2.29 bits per heavy atom. The highest BCUT2D eigenvalue weighted by atomic mass is 35.5. The van der Waals surface area contributed by atoms with Crippen LogP contribution in [0.4, 0.5) is 0 Å². The van der Waals surface area contributed by atoms with Crippen LogP contribution >= 0.6 is 23.2 Å². The highest BCUT2D eigenvalue weighted by Crippen LogP contribution is 2.64. The van der Waals surface area contributed by atoms with Crippen LogP contribution in [0.25, 0.3) is 0 Å². The van der Waals surface area contributed by atoms with E-state index in [9.17, 15) is 28.8 Å². The average molecular weight is 753 g/mol. The van der Waals surface area contributed by atoms with Crippen molar-refractivity contribution in [1.82, 2.24) is 24.6 Å². The lowest BCUT2D eigenvalue weighted by atomic mass is 9.46. The van der Waals surface area contributed by atoms with Gasteiger partial charge in [-0.05, 0) is 109 Å². The SMILES string of the molecule is CC1(C)C2CC3C(=CC(C(=O)NC(CCCCN)C(=O)C(=O)NCCc4ccc(C(N)=O)cc4)n4c(=O)n(Cc5ccc(Cl)c(Cl)c5)c(=O)n43)C1C2. The first kappa shape index (κ1) is 37.3. The Hall–Kier alpha value is -4.46. The van der Waals surface area contributed by atoms with Crippen molar-refractivity contribution < 1.29 is 19.2 Å². The molecule has 1 aliphatic heterocycles. The van der Waals surface area contributed by atoms with Gasteiger partial charge in [-0.15, -0.1) is 0 Å². The van der Waals surface area contributed by atoms with Crippen LogP contribution in [-0.4, -0.2) is 56.6 Å². The lowest BCUT2D eigenvalue weighted by Crippen LogP contribution is -2.57. The van der Waals surface area contributed by atoms with Gasteiger partial charge < -0.3 is 22.1 Å². The summed E-state index contributed by atoms with van der Waals surface area (Å²) < 4.78 is 3.68. The number of unbranched alkanes of at least 4 members (excludes halogenated alkanes) is 1. The molecule has 15 heteroatoms. The molecule has 1 aromatic heterocycles. The Kier molecular flexibility index (Phi) is 10.7. The number of hydrogen-bond acceptors (Lipinski definition) is 7. The number of nitrogens with one attached hydrogen (secondary N) is 2. The molecule has 4 aliphatic rings. The maximum absolute atomic E-state index is 14.3. The molecular formula is C37H43Cl2N7O6. The summed E-state index contributed by atoms with van der Waals surface area (Å²) in [6, 6.07) is 8.61. The lowest BCUT2D eigenvalue weighted by molar-refractivity contribution is -0.140. The van der Waals surface area contributed by atoms with Crippen LogP contribution < -0.4 is 33.5 Å². The maximum atomic E-state index is 14.3. The van der Waals surface area contributed by atoms with Crippen molar-refractivity contribution in [3.63, 3.8) is 0 Å². The number of carbonyl (C=O) groups excluding carboxylic acids is 4. The topological polar surface area (TPSA) is 193 Å². The van der Waals surface area contributed by atoms with Crippen molar-refractivity contribution in [3.05, 3.63) is 102 Å². The molecule has 276 valence electrons. The number of allylic oxidation sites excluding steroid dienone is 1. The molecule has 2 bridgehead atoms. The fourth-order valence-electron chi connectivity index (χ4n) is 7.95. The van der Waals surface area contributed by atoms with Crippen LogP contribution in [0.3, 0.4) is 0 Å². The van der Waals surface area contributed by atoms with E-state index in [-0.39, 0.29) is 35.9 Å². The first-order valence-electron chi connectivity index (χ1n) is 17.5. The number of ketones is 1. The fraction of sp³-hybridized carbons (Fsp3) is 0.459. The zero-order valence-corrected chi connectivity index (χ0v) is 30.6. The number of rotatable bonds is 14. The molecule has 3 fully saturated rings. The van der Waals surface area contributed by atoms with Crippen molar-refractivity contribution in [2.24, 2.45) is 28.7 Å². The predicted molar refractivity (Wildman–Crippen MR) is 196 cm³/mol. The highest BCUT2D eigenvalue weighted by molar-refractivity contribution is 6.42. The molecule has 2 aromatic carbocycles. The van der Waals surface area contributed by atoms with Crippen LogP contribution in [0.1, 0.15) is 79.5 Å². The number of Topliss-reactive ketones (excluding diaryl/α,β-unsaturated/α-hetero) is 1. The summed E-state index contributed by atoms with van der Waals surface area (Å²) in [7, 11) is 0. The van der Waals surface area contributed by atoms with Gasteiger partial charge in [0.15, 0.2) is 6.04 Å². The molecule has 13 nitrogen and oxygen atoms in total. The van der Waals surface area contributed by atoms with Gasteiger partial charge in [-0.1, -0.05) is 55.2 Å². The number of nitrogens with two attached hydrogens (primary N) is 2. The molecule has 2 heterocycles. The average Bonchev–Trinajstić information content (AvgIpc) is 3.37. The second kappa shape index (κ2) is 14.9. The third-order valence-electron chi connectivity index (χ3n) is 11.1. The monoisotopic (exact) mass is 751 g/mol. The van der Waals surface area contributed by atoms with E-state index < -0.39 is 53.0 Å². The molecule has 3 amide bonds. The number of nitrogens with zero attached hydrogens (tertiary/aromatic N) is 3. The number of amides is 3. The zero-order chi connectivity index (χ0) is 37.5. The van der Waals surface area contributed by atoms with Gasteiger partial charge in [-0.3, -0.25) is 19.2 Å². The minimum absolute atomic E-state index is 0.0409. The molecule has 3 aromatic rings. The van der Waals surface area contributed by atoms with Crippen LogP contribution in [0.2, 0.25) is 10.0 Å². The van der Waals surface area contributed by atoms with Gasteiger partial charge in [0.2, 0.25) is 17.6 Å². The Balaban J connectivity index is 1.26. The van der Waals surface area contributed by atoms with E-state index in [2.05, 4.69) is 24.5 Å². The molecule has 0 saturated heterocycles. The predicted octanol–water partition coefficient (Wildman–Crippen LogP) is 2.90. The third-order valence-corrected chi connectivity index (χ3v) is 11.8. The van der Waals surface area contributed by atoms with Gasteiger partial charge in [0, 0.05) is 12.1 Å². The van der Waals surface area contributed by atoms with Crippen molar-refractivity contribution in [2.45, 2.75) is 77.0 Å². The molecule has 3 aliphatic carbocycles. The van der Waals surface area contributed by atoms with E-state index in [4.69, 9.17) is 34.7 Å². The molecule has 6 N–H and O–H groups in total. The number of halogens is 2. The van der Waals surface area contributed by atoms with E-state index in [1.165, 1.54) is 9.36 Å². The first-order chi connectivity index (χ1) is 24.7. The third kappa shape index (κ3) is 7.01. The van der Waals surface area contributed by atoms with Gasteiger partial charge in [0.25, 0.3) is 5.91 Å². The Bertz CT molecular complexity index is 2060. The molecule has 3 saturated carbocycles. The number of primary amides is 1. The number of benzene rings is 2. The first-order valence-corrected chi connectivity index (χ1v) is 18.3. The van der Waals surface area contributed by atoms with Crippen LogP contribution in [0.15, 0.2) is 63.7 Å². The largest absolute Gasteiger partial charge is 0.366 e. The van der Waals surface area contributed by atoms with Crippen LogP contribution in [-0.2, 0) is 27.3 Å². The summed E-state index contributed by atoms with van der Waals surface area (Å²) in [6.07, 6.45) is 4.90. The summed E-state index contributed by atoms with van der Waals surface area (Å²) in [5.41, 5.74) is 12.4. The summed E-state index contributed by atoms with van der Waals surface area (Å²) >= 11 is 12.3. The van der Waals surface area contributed by atoms with Crippen molar-refractivity contribution in [1.29, 1.82) is 0 Å². The standard InChI is InChI=1S/C37H43Cl2N7O6/c1-37(2)23-16-25(37)24-18-30(46-36(52)44(35(51)45(46)29(24)17-23)19-21-8-11-26(38)27(39)15-21)33(49)43-28(5-3-4-13-40)31(47)34(50)42-14-12-20-6-9-22(10-7-20)32(41)48/h6-11,15,18,23,25,28-30H,3-5,12-14,16-17,19,40H2,1-2H3,(H2,41,48)(H,42,50)(H,43,49). The number of carbonyl (C=O) groups is 4. The second-order valence-electron chi connectivity index (χ2n) is 14.5. The van der Waals surface area contributed by atoms with Gasteiger partial charge in [0.1, 0.15) is 0 Å². The normalized spacial score (nSPS) is 21.5. The Morgan fingerprint density at radius 1 is 0.942 bits per heavy atom. The molecular weight excluding hydrogens is 709 g/mol. The Morgan fingerprint density at radius 2 is 1.63 bits per heavy atom. The van der Waals surface area contributed by atoms with Gasteiger partial charge in [0.05, 0.1) is 28.7 Å². The van der Waals surface area contributed by atoms with Gasteiger partial charge >= 0.3 is 11.4 Å².